The lowest BCUT2D eigenvalue weighted by molar-refractivity contribution is -0.108. The van der Waals surface area contributed by atoms with Gasteiger partial charge in [0.1, 0.15) is 18.4 Å². The molecule has 1 aliphatic heterocycles. The molecule has 7 heteroatoms. The number of ether oxygens (including phenoxy) is 1. The summed E-state index contributed by atoms with van der Waals surface area (Å²) in [5, 5.41) is 11.6. The average Bonchev–Trinajstić information content (AvgIpc) is 3.68. The maximum Gasteiger partial charge on any atom is 0.120 e. The molecular weight excluding hydrogens is 438 g/mol. The Hall–Kier alpha value is -2.28. The first kappa shape index (κ1) is 29.0. The number of nitrogens with one attached hydrogen (secondary N) is 2. The zero-order chi connectivity index (χ0) is 25.5. The Morgan fingerprint density at radius 1 is 1.09 bits per heavy atom. The Kier molecular flexibility index (Phi) is 13.6. The van der Waals surface area contributed by atoms with Crippen LogP contribution in [0.5, 0.6) is 5.75 Å². The minimum absolute atomic E-state index is 0.692. The number of hydrogen-bond donors (Lipinski definition) is 2. The summed E-state index contributed by atoms with van der Waals surface area (Å²) < 4.78 is 5.85. The van der Waals surface area contributed by atoms with E-state index in [2.05, 4.69) is 17.2 Å². The van der Waals surface area contributed by atoms with Gasteiger partial charge in [0.25, 0.3) is 0 Å². The highest BCUT2D eigenvalue weighted by Crippen LogP contribution is 2.49. The molecule has 7 nitrogen and oxygen atoms in total. The lowest BCUT2D eigenvalue weighted by Gasteiger charge is -2.29. The number of aldehydes is 1. The fraction of sp³-hybridized carbons (Fsp3) is 0.714. The highest BCUT2D eigenvalue weighted by atomic mass is 16.5. The van der Waals surface area contributed by atoms with Crippen molar-refractivity contribution in [1.29, 1.82) is 10.9 Å². The summed E-state index contributed by atoms with van der Waals surface area (Å²) in [6.07, 6.45) is 14.8. The molecule has 0 radical (unpaired) electrons. The first-order chi connectivity index (χ1) is 17.1. The van der Waals surface area contributed by atoms with Gasteiger partial charge in [0, 0.05) is 6.42 Å². The van der Waals surface area contributed by atoms with Gasteiger partial charge in [0.15, 0.2) is 0 Å². The molecule has 2 atom stereocenters. The molecule has 1 aromatic carbocycles. The smallest absolute Gasteiger partial charge is 0.120 e. The van der Waals surface area contributed by atoms with E-state index < -0.39 is 0 Å². The van der Waals surface area contributed by atoms with Crippen molar-refractivity contribution in [2.75, 3.05) is 31.8 Å². The Bertz CT molecular complexity index is 719. The maximum absolute atomic E-state index is 10.1. The number of carbonyl (C=O) groups is 1. The topological polar surface area (TPSA) is 92.8 Å². The van der Waals surface area contributed by atoms with Crippen LogP contribution < -0.4 is 9.75 Å². The van der Waals surface area contributed by atoms with Crippen LogP contribution in [-0.2, 0) is 4.79 Å². The largest absolute Gasteiger partial charge is 0.494 e. The van der Waals surface area contributed by atoms with Crippen LogP contribution in [0.3, 0.4) is 0 Å². The Morgan fingerprint density at radius 2 is 1.74 bits per heavy atom. The van der Waals surface area contributed by atoms with Crippen molar-refractivity contribution in [3.05, 3.63) is 24.3 Å². The summed E-state index contributed by atoms with van der Waals surface area (Å²) in [5.74, 6) is 4.30. The van der Waals surface area contributed by atoms with E-state index in [0.29, 0.717) is 5.69 Å². The summed E-state index contributed by atoms with van der Waals surface area (Å²) in [6, 6.07) is 7.38. The van der Waals surface area contributed by atoms with Gasteiger partial charge in [-0.05, 0) is 93.8 Å². The van der Waals surface area contributed by atoms with Crippen LogP contribution in [0.2, 0.25) is 0 Å². The summed E-state index contributed by atoms with van der Waals surface area (Å²) in [6.45, 7) is 7.28. The minimum atomic E-state index is 0.692. The van der Waals surface area contributed by atoms with Crippen molar-refractivity contribution in [2.24, 2.45) is 28.9 Å². The average molecular weight is 486 g/mol. The molecular formula is C28H47N5O2. The molecule has 3 fully saturated rings. The third kappa shape index (κ3) is 10.1. The maximum atomic E-state index is 10.1. The lowest BCUT2D eigenvalue weighted by atomic mass is 9.87. The number of carbonyl (C=O) groups excluding carboxylic acids is 1. The quantitative estimate of drug-likeness (QED) is 0.123. The van der Waals surface area contributed by atoms with Gasteiger partial charge < -0.3 is 14.4 Å². The number of rotatable bonds is 10. The van der Waals surface area contributed by atoms with E-state index in [0.717, 1.165) is 61.5 Å². The third-order valence-corrected chi connectivity index (χ3v) is 7.59. The molecule has 0 aromatic heterocycles. The van der Waals surface area contributed by atoms with Crippen LogP contribution in [0.25, 0.3) is 0 Å². The first-order valence-electron chi connectivity index (χ1n) is 13.7. The molecule has 1 saturated heterocycles. The van der Waals surface area contributed by atoms with Gasteiger partial charge in [-0.1, -0.05) is 51.2 Å². The normalized spacial score (nSPS) is 22.5. The molecule has 4 rings (SSSR count). The molecule has 1 heterocycles. The third-order valence-electron chi connectivity index (χ3n) is 7.59. The van der Waals surface area contributed by atoms with E-state index in [4.69, 9.17) is 15.7 Å². The number of nitrogens with zero attached hydrogens (tertiary/aromatic N) is 3. The van der Waals surface area contributed by atoms with E-state index in [1.807, 2.05) is 38.1 Å². The van der Waals surface area contributed by atoms with Crippen molar-refractivity contribution in [3.8, 4) is 5.75 Å². The highest BCUT2D eigenvalue weighted by Gasteiger charge is 2.42. The second-order valence-electron chi connectivity index (χ2n) is 9.91. The number of hydrogen-bond acceptors (Lipinski definition) is 6. The number of piperidine rings is 1. The molecule has 2 saturated carbocycles. The molecule has 0 spiro atoms. The highest BCUT2D eigenvalue weighted by molar-refractivity contribution is 5.75. The SMILES string of the molecule is CC.CN1CCC(C2CC2CCOc2ccc(N(C=N)N=N)cc2)CC1.O=CCC1CCCCC1. The Balaban J connectivity index is 0.000000329. The van der Waals surface area contributed by atoms with Crippen molar-refractivity contribution in [3.63, 3.8) is 0 Å². The van der Waals surface area contributed by atoms with Crippen LogP contribution in [0, 0.1) is 34.6 Å². The van der Waals surface area contributed by atoms with Crippen molar-refractivity contribution in [1.82, 2.24) is 4.90 Å². The summed E-state index contributed by atoms with van der Waals surface area (Å²) >= 11 is 0. The standard InChI is InChI=1S/C18H27N5O.C8H14O.C2H6/c1-22-9-6-14(7-10-22)18-12-15(18)8-11-24-17-4-2-16(3-5-17)23(13-19)21-20;9-7-6-8-4-2-1-3-5-8;1-2/h2-5,13-15,18-20H,6-12H2,1H3;7-8H,1-6H2;1-2H3. The lowest BCUT2D eigenvalue weighted by Crippen LogP contribution is -2.31. The van der Waals surface area contributed by atoms with E-state index in [1.165, 1.54) is 69.5 Å². The van der Waals surface area contributed by atoms with Crippen molar-refractivity contribution in [2.45, 2.75) is 78.1 Å². The summed E-state index contributed by atoms with van der Waals surface area (Å²) in [5.41, 5.74) is 7.69. The Morgan fingerprint density at radius 3 is 2.31 bits per heavy atom. The Labute approximate surface area is 212 Å². The van der Waals surface area contributed by atoms with Crippen molar-refractivity contribution < 1.29 is 9.53 Å². The first-order valence-corrected chi connectivity index (χ1v) is 13.7. The number of anilines is 1. The second kappa shape index (κ2) is 16.4. The second-order valence-corrected chi connectivity index (χ2v) is 9.91. The van der Waals surface area contributed by atoms with Gasteiger partial charge in [0.2, 0.25) is 0 Å². The molecule has 0 bridgehead atoms. The van der Waals surface area contributed by atoms with E-state index in [-0.39, 0.29) is 0 Å². The van der Waals surface area contributed by atoms with E-state index >= 15 is 0 Å². The van der Waals surface area contributed by atoms with Crippen LogP contribution in [-0.4, -0.2) is 44.3 Å². The predicted molar refractivity (Wildman–Crippen MR) is 143 cm³/mol. The number of likely N-dealkylation sites (tertiary alicyclic amines) is 1. The van der Waals surface area contributed by atoms with E-state index in [9.17, 15) is 4.79 Å². The zero-order valence-electron chi connectivity index (χ0n) is 22.1. The van der Waals surface area contributed by atoms with Gasteiger partial charge in [0.05, 0.1) is 12.3 Å². The molecule has 196 valence electrons. The molecule has 1 aromatic rings. The molecule has 35 heavy (non-hydrogen) atoms. The van der Waals surface area contributed by atoms with Gasteiger partial charge in [-0.15, -0.1) is 0 Å². The van der Waals surface area contributed by atoms with Gasteiger partial charge in [-0.2, -0.15) is 5.53 Å². The van der Waals surface area contributed by atoms with Crippen LogP contribution in [0.1, 0.15) is 78.1 Å². The van der Waals surface area contributed by atoms with Gasteiger partial charge >= 0.3 is 0 Å². The minimum Gasteiger partial charge on any atom is -0.494 e. The van der Waals surface area contributed by atoms with Crippen LogP contribution in [0.15, 0.2) is 29.5 Å². The van der Waals surface area contributed by atoms with Gasteiger partial charge in [-0.25, -0.2) is 5.01 Å². The fourth-order valence-electron chi connectivity index (χ4n) is 5.38. The van der Waals surface area contributed by atoms with Crippen LogP contribution >= 0.6 is 0 Å². The predicted octanol–water partition coefficient (Wildman–Crippen LogP) is 6.97. The fourth-order valence-corrected chi connectivity index (χ4v) is 5.38. The monoisotopic (exact) mass is 485 g/mol. The summed E-state index contributed by atoms with van der Waals surface area (Å²) in [7, 11) is 2.22. The molecule has 2 unspecified atom stereocenters. The molecule has 2 N–H and O–H groups in total. The van der Waals surface area contributed by atoms with Crippen LogP contribution in [0.4, 0.5) is 5.69 Å². The zero-order valence-corrected chi connectivity index (χ0v) is 22.1. The molecule has 0 amide bonds. The molecule has 2 aliphatic carbocycles. The van der Waals surface area contributed by atoms with Crippen molar-refractivity contribution >= 4 is 18.3 Å². The van der Waals surface area contributed by atoms with Gasteiger partial charge in [-0.3, -0.25) is 5.41 Å². The number of benzene rings is 1. The summed E-state index contributed by atoms with van der Waals surface area (Å²) in [4.78, 5) is 12.5. The van der Waals surface area contributed by atoms with E-state index in [1.54, 1.807) is 0 Å². The molecule has 3 aliphatic rings.